The second-order valence-electron chi connectivity index (χ2n) is 4.10. The van der Waals surface area contributed by atoms with E-state index in [1.54, 1.807) is 0 Å². The van der Waals surface area contributed by atoms with Crippen molar-refractivity contribution in [3.05, 3.63) is 0 Å². The monoisotopic (exact) mass is 235 g/mol. The van der Waals surface area contributed by atoms with Crippen molar-refractivity contribution in [1.82, 2.24) is 0 Å². The highest BCUT2D eigenvalue weighted by atomic mass is 32.2. The molecule has 1 saturated carbocycles. The molecular formula is C9H17NO4S. The van der Waals surface area contributed by atoms with Crippen molar-refractivity contribution in [2.24, 2.45) is 11.7 Å². The van der Waals surface area contributed by atoms with Crippen molar-refractivity contribution in [3.8, 4) is 0 Å². The predicted octanol–water partition coefficient (Wildman–Crippen LogP) is 0.685. The molecule has 15 heavy (non-hydrogen) atoms. The Labute approximate surface area is 89.9 Å². The number of nitrogens with two attached hydrogens (primary N) is 1. The third-order valence-corrected chi connectivity index (χ3v) is 4.54. The van der Waals surface area contributed by atoms with Crippen molar-refractivity contribution in [2.75, 3.05) is 12.9 Å². The van der Waals surface area contributed by atoms with E-state index in [-0.39, 0.29) is 11.2 Å². The van der Waals surface area contributed by atoms with Crippen LogP contribution >= 0.6 is 0 Å². The van der Waals surface area contributed by atoms with Gasteiger partial charge < -0.3 is 10.5 Å². The fourth-order valence-corrected chi connectivity index (χ4v) is 3.06. The molecule has 0 unspecified atom stereocenters. The topological polar surface area (TPSA) is 86.5 Å². The first-order chi connectivity index (χ1) is 6.89. The molecule has 1 fully saturated rings. The van der Waals surface area contributed by atoms with Crippen molar-refractivity contribution >= 4 is 15.9 Å². The van der Waals surface area contributed by atoms with Crippen LogP contribution in [0, 0.1) is 5.92 Å². The Hall–Kier alpha value is -0.780. The van der Waals surface area contributed by atoms with Gasteiger partial charge >= 0.3 is 6.09 Å². The van der Waals surface area contributed by atoms with E-state index in [0.717, 1.165) is 12.8 Å². The van der Waals surface area contributed by atoms with Crippen molar-refractivity contribution in [1.29, 1.82) is 0 Å². The van der Waals surface area contributed by atoms with E-state index < -0.39 is 15.9 Å². The summed E-state index contributed by atoms with van der Waals surface area (Å²) in [5.74, 6) is 0.260. The molecule has 0 aromatic heterocycles. The summed E-state index contributed by atoms with van der Waals surface area (Å²) in [4.78, 5) is 10.4. The van der Waals surface area contributed by atoms with Crippen LogP contribution < -0.4 is 5.73 Å². The molecule has 1 amide bonds. The van der Waals surface area contributed by atoms with Crippen LogP contribution in [0.1, 0.15) is 25.7 Å². The first-order valence-electron chi connectivity index (χ1n) is 5.00. The molecule has 1 rings (SSSR count). The molecule has 0 heterocycles. The Morgan fingerprint density at radius 1 is 1.33 bits per heavy atom. The standard InChI is InChI=1S/C9H17NO4S/c1-15(12,13)8-4-2-7(3-5-8)6-14-9(10)11/h7-8H,2-6H2,1H3,(H2,10,11). The summed E-state index contributed by atoms with van der Waals surface area (Å²) in [5.41, 5.74) is 4.85. The molecule has 0 saturated heterocycles. The van der Waals surface area contributed by atoms with Crippen LogP contribution in [-0.2, 0) is 14.6 Å². The van der Waals surface area contributed by atoms with E-state index in [1.165, 1.54) is 6.26 Å². The van der Waals surface area contributed by atoms with Gasteiger partial charge in [-0.2, -0.15) is 0 Å². The first-order valence-corrected chi connectivity index (χ1v) is 6.96. The Balaban J connectivity index is 2.33. The minimum absolute atomic E-state index is 0.220. The van der Waals surface area contributed by atoms with E-state index in [0.29, 0.717) is 19.4 Å². The highest BCUT2D eigenvalue weighted by Gasteiger charge is 2.28. The fourth-order valence-electron chi connectivity index (χ4n) is 1.93. The quantitative estimate of drug-likeness (QED) is 0.779. The summed E-state index contributed by atoms with van der Waals surface area (Å²) < 4.78 is 27.2. The fraction of sp³-hybridized carbons (Fsp3) is 0.889. The average molecular weight is 235 g/mol. The number of hydrogen-bond acceptors (Lipinski definition) is 4. The summed E-state index contributed by atoms with van der Waals surface area (Å²) in [5, 5.41) is -0.220. The van der Waals surface area contributed by atoms with Gasteiger partial charge in [0.1, 0.15) is 9.84 Å². The normalized spacial score (nSPS) is 27.3. The zero-order valence-electron chi connectivity index (χ0n) is 8.81. The predicted molar refractivity (Wildman–Crippen MR) is 56.1 cm³/mol. The van der Waals surface area contributed by atoms with Crippen LogP contribution in [-0.4, -0.2) is 32.6 Å². The largest absolute Gasteiger partial charge is 0.449 e. The average Bonchev–Trinajstić information content (AvgIpc) is 2.14. The summed E-state index contributed by atoms with van der Waals surface area (Å²) in [6.07, 6.45) is 3.39. The van der Waals surface area contributed by atoms with Crippen LogP contribution in [0.5, 0.6) is 0 Å². The lowest BCUT2D eigenvalue weighted by atomic mass is 9.89. The van der Waals surface area contributed by atoms with Gasteiger partial charge in [-0.25, -0.2) is 13.2 Å². The molecule has 0 aromatic rings. The first kappa shape index (κ1) is 12.3. The number of carbonyl (C=O) groups excluding carboxylic acids is 1. The summed E-state index contributed by atoms with van der Waals surface area (Å²) in [6, 6.07) is 0. The third-order valence-electron chi connectivity index (χ3n) is 2.86. The summed E-state index contributed by atoms with van der Waals surface area (Å²) >= 11 is 0. The van der Waals surface area contributed by atoms with Gasteiger partial charge in [0.15, 0.2) is 0 Å². The highest BCUT2D eigenvalue weighted by molar-refractivity contribution is 7.91. The van der Waals surface area contributed by atoms with Crippen LogP contribution in [0.4, 0.5) is 4.79 Å². The van der Waals surface area contributed by atoms with Gasteiger partial charge in [-0.15, -0.1) is 0 Å². The number of primary amides is 1. The molecule has 0 atom stereocenters. The molecule has 0 aromatic carbocycles. The highest BCUT2D eigenvalue weighted by Crippen LogP contribution is 2.28. The molecule has 1 aliphatic rings. The van der Waals surface area contributed by atoms with Gasteiger partial charge in [0.25, 0.3) is 0 Å². The second-order valence-corrected chi connectivity index (χ2v) is 6.43. The lowest BCUT2D eigenvalue weighted by molar-refractivity contribution is 0.125. The van der Waals surface area contributed by atoms with E-state index >= 15 is 0 Å². The van der Waals surface area contributed by atoms with Crippen LogP contribution in [0.25, 0.3) is 0 Å². The van der Waals surface area contributed by atoms with Crippen LogP contribution in [0.3, 0.4) is 0 Å². The van der Waals surface area contributed by atoms with E-state index in [1.807, 2.05) is 0 Å². The Bertz CT molecular complexity index is 317. The number of rotatable bonds is 3. The third kappa shape index (κ3) is 4.07. The van der Waals surface area contributed by atoms with Gasteiger partial charge in [-0.3, -0.25) is 0 Å². The summed E-state index contributed by atoms with van der Waals surface area (Å²) in [7, 11) is -2.91. The van der Waals surface area contributed by atoms with Crippen molar-refractivity contribution < 1.29 is 17.9 Å². The van der Waals surface area contributed by atoms with Gasteiger partial charge in [0.05, 0.1) is 11.9 Å². The summed E-state index contributed by atoms with van der Waals surface area (Å²) in [6.45, 7) is 0.311. The van der Waals surface area contributed by atoms with E-state index in [4.69, 9.17) is 10.5 Å². The molecule has 2 N–H and O–H groups in total. The minimum atomic E-state index is -2.91. The van der Waals surface area contributed by atoms with E-state index in [9.17, 15) is 13.2 Å². The van der Waals surface area contributed by atoms with Gasteiger partial charge in [-0.05, 0) is 31.6 Å². The Morgan fingerprint density at radius 3 is 2.27 bits per heavy atom. The molecule has 0 aliphatic heterocycles. The molecule has 1 aliphatic carbocycles. The van der Waals surface area contributed by atoms with E-state index in [2.05, 4.69) is 0 Å². The zero-order chi connectivity index (χ0) is 11.5. The van der Waals surface area contributed by atoms with Gasteiger partial charge in [0.2, 0.25) is 0 Å². The lowest BCUT2D eigenvalue weighted by Crippen LogP contribution is -2.29. The Morgan fingerprint density at radius 2 is 1.87 bits per heavy atom. The minimum Gasteiger partial charge on any atom is -0.449 e. The van der Waals surface area contributed by atoms with Crippen molar-refractivity contribution in [2.45, 2.75) is 30.9 Å². The SMILES string of the molecule is CS(=O)(=O)C1CCC(COC(N)=O)CC1. The number of carbonyl (C=O) groups is 1. The smallest absolute Gasteiger partial charge is 0.404 e. The van der Waals surface area contributed by atoms with Crippen LogP contribution in [0.2, 0.25) is 0 Å². The van der Waals surface area contributed by atoms with Crippen LogP contribution in [0.15, 0.2) is 0 Å². The van der Waals surface area contributed by atoms with Crippen molar-refractivity contribution in [3.63, 3.8) is 0 Å². The second kappa shape index (κ2) is 4.83. The number of amides is 1. The molecule has 0 radical (unpaired) electrons. The number of sulfone groups is 1. The van der Waals surface area contributed by atoms with Gasteiger partial charge in [0, 0.05) is 6.26 Å². The lowest BCUT2D eigenvalue weighted by Gasteiger charge is -2.26. The molecule has 5 nitrogen and oxygen atoms in total. The van der Waals surface area contributed by atoms with Gasteiger partial charge in [-0.1, -0.05) is 0 Å². The molecular weight excluding hydrogens is 218 g/mol. The number of ether oxygens (including phenoxy) is 1. The maximum atomic E-state index is 11.3. The Kier molecular flexibility index (Phi) is 3.96. The maximum Gasteiger partial charge on any atom is 0.404 e. The molecule has 88 valence electrons. The number of hydrogen-bond donors (Lipinski definition) is 1. The maximum absolute atomic E-state index is 11.3. The molecule has 6 heteroatoms. The zero-order valence-corrected chi connectivity index (χ0v) is 9.63. The molecule has 0 spiro atoms. The molecule has 0 bridgehead atoms.